The van der Waals surface area contributed by atoms with Crippen molar-refractivity contribution >= 4 is 21.8 Å². The average Bonchev–Trinajstić information content (AvgIpc) is 2.95. The lowest BCUT2D eigenvalue weighted by atomic mass is 10.0. The zero-order valence-corrected chi connectivity index (χ0v) is 11.7. The predicted octanol–water partition coefficient (Wildman–Crippen LogP) is 3.38. The van der Waals surface area contributed by atoms with Gasteiger partial charge in [-0.25, -0.2) is 0 Å². The van der Waals surface area contributed by atoms with Crippen LogP contribution in [-0.4, -0.2) is 15.4 Å². The van der Waals surface area contributed by atoms with Crippen LogP contribution >= 0.6 is 15.9 Å². The third-order valence-corrected chi connectivity index (χ3v) is 3.41. The van der Waals surface area contributed by atoms with Gasteiger partial charge >= 0.3 is 0 Å². The van der Waals surface area contributed by atoms with Gasteiger partial charge in [-0.3, -0.25) is 5.10 Å². The van der Waals surface area contributed by atoms with Crippen molar-refractivity contribution < 1.29 is 4.52 Å². The fourth-order valence-electron chi connectivity index (χ4n) is 2.00. The van der Waals surface area contributed by atoms with Gasteiger partial charge in [-0.05, 0) is 24.6 Å². The first-order chi connectivity index (χ1) is 9.16. The molecule has 0 aliphatic carbocycles. The molecule has 19 heavy (non-hydrogen) atoms. The number of nitrogens with zero attached hydrogens (tertiary/aromatic N) is 2. The Morgan fingerprint density at radius 3 is 2.89 bits per heavy atom. The molecule has 0 bridgehead atoms. The van der Waals surface area contributed by atoms with Crippen LogP contribution in [0.4, 0.5) is 5.88 Å². The lowest BCUT2D eigenvalue weighted by Crippen LogP contribution is -1.88. The number of nitrogens with two attached hydrogens (primary N) is 1. The lowest BCUT2D eigenvalue weighted by Gasteiger charge is -2.02. The van der Waals surface area contributed by atoms with Gasteiger partial charge in [0.1, 0.15) is 5.69 Å². The van der Waals surface area contributed by atoms with E-state index in [0.29, 0.717) is 11.6 Å². The minimum atomic E-state index is 0.300. The summed E-state index contributed by atoms with van der Waals surface area (Å²) in [4.78, 5) is 0. The summed E-state index contributed by atoms with van der Waals surface area (Å²) in [6.45, 7) is 1.93. The summed E-state index contributed by atoms with van der Waals surface area (Å²) in [6, 6.07) is 7.84. The van der Waals surface area contributed by atoms with Gasteiger partial charge in [0.25, 0.3) is 0 Å². The fraction of sp³-hybridized carbons (Fsp3) is 0.0769. The van der Waals surface area contributed by atoms with Crippen molar-refractivity contribution in [2.75, 3.05) is 5.73 Å². The van der Waals surface area contributed by atoms with Gasteiger partial charge < -0.3 is 10.3 Å². The Bertz CT molecular complexity index is 732. The Balaban J connectivity index is 2.22. The van der Waals surface area contributed by atoms with E-state index in [1.165, 1.54) is 0 Å². The van der Waals surface area contributed by atoms with E-state index in [4.69, 9.17) is 10.3 Å². The largest absolute Gasteiger partial charge is 0.367 e. The molecular weight excluding hydrogens is 308 g/mol. The van der Waals surface area contributed by atoms with E-state index in [9.17, 15) is 0 Å². The Kier molecular flexibility index (Phi) is 2.87. The number of nitrogens with one attached hydrogen (secondary N) is 1. The number of aromatic amines is 1. The van der Waals surface area contributed by atoms with E-state index < -0.39 is 0 Å². The highest BCUT2D eigenvalue weighted by Gasteiger charge is 2.19. The molecule has 2 heterocycles. The number of nitrogen functional groups attached to an aromatic ring is 1. The van der Waals surface area contributed by atoms with Crippen LogP contribution in [0.15, 0.2) is 39.5 Å². The molecule has 0 saturated heterocycles. The summed E-state index contributed by atoms with van der Waals surface area (Å²) in [7, 11) is 0. The van der Waals surface area contributed by atoms with Gasteiger partial charge in [0.15, 0.2) is 0 Å². The highest BCUT2D eigenvalue weighted by molar-refractivity contribution is 9.10. The Morgan fingerprint density at radius 2 is 2.21 bits per heavy atom. The predicted molar refractivity (Wildman–Crippen MR) is 76.4 cm³/mol. The molecule has 5 nitrogen and oxygen atoms in total. The van der Waals surface area contributed by atoms with Gasteiger partial charge in [-0.2, -0.15) is 5.10 Å². The third-order valence-electron chi connectivity index (χ3n) is 2.92. The number of aromatic nitrogens is 3. The maximum absolute atomic E-state index is 5.90. The van der Waals surface area contributed by atoms with Gasteiger partial charge in [-0.15, -0.1) is 0 Å². The van der Waals surface area contributed by atoms with E-state index in [1.54, 1.807) is 6.20 Å². The second-order valence-corrected chi connectivity index (χ2v) is 5.11. The number of halogens is 1. The Hall–Kier alpha value is -2.08. The number of anilines is 1. The molecule has 0 spiro atoms. The standard InChI is InChI=1S/C13H11BrN4O/c1-7-10(6-16-17-7)12-11(13(15)19-18-12)8-3-2-4-9(14)5-8/h2-6H,15H2,1H3,(H,16,17). The smallest absolute Gasteiger partial charge is 0.230 e. The Morgan fingerprint density at radius 1 is 1.37 bits per heavy atom. The van der Waals surface area contributed by atoms with Crippen LogP contribution in [0.3, 0.4) is 0 Å². The van der Waals surface area contributed by atoms with E-state index in [-0.39, 0.29) is 0 Å². The number of benzene rings is 1. The zero-order valence-electron chi connectivity index (χ0n) is 10.1. The second-order valence-electron chi connectivity index (χ2n) is 4.19. The molecule has 0 aliphatic rings. The van der Waals surface area contributed by atoms with Gasteiger partial charge in [0, 0.05) is 15.7 Å². The monoisotopic (exact) mass is 318 g/mol. The van der Waals surface area contributed by atoms with E-state index >= 15 is 0 Å². The molecule has 0 fully saturated rings. The summed E-state index contributed by atoms with van der Waals surface area (Å²) in [6.07, 6.45) is 1.72. The molecule has 0 aliphatic heterocycles. The third kappa shape index (κ3) is 2.04. The molecule has 0 amide bonds. The van der Waals surface area contributed by atoms with Crippen LogP contribution < -0.4 is 5.73 Å². The number of rotatable bonds is 2. The Labute approximate surface area is 117 Å². The first-order valence-electron chi connectivity index (χ1n) is 5.68. The van der Waals surface area contributed by atoms with Crippen molar-refractivity contribution in [3.63, 3.8) is 0 Å². The first-order valence-corrected chi connectivity index (χ1v) is 6.47. The minimum Gasteiger partial charge on any atom is -0.367 e. The molecule has 1 aromatic carbocycles. The molecule has 6 heteroatoms. The summed E-state index contributed by atoms with van der Waals surface area (Å²) in [5.41, 5.74) is 10.1. The molecule has 0 radical (unpaired) electrons. The zero-order chi connectivity index (χ0) is 13.4. The van der Waals surface area contributed by atoms with Gasteiger partial charge in [-0.1, -0.05) is 33.2 Å². The number of H-pyrrole nitrogens is 1. The van der Waals surface area contributed by atoms with Gasteiger partial charge in [0.05, 0.1) is 11.8 Å². The number of hydrogen-bond donors (Lipinski definition) is 2. The number of aryl methyl sites for hydroxylation is 1. The second kappa shape index (κ2) is 4.55. The molecule has 0 unspecified atom stereocenters. The van der Waals surface area contributed by atoms with Crippen molar-refractivity contribution in [1.29, 1.82) is 0 Å². The van der Waals surface area contributed by atoms with Crippen molar-refractivity contribution in [3.8, 4) is 22.4 Å². The van der Waals surface area contributed by atoms with Crippen molar-refractivity contribution in [1.82, 2.24) is 15.4 Å². The van der Waals surface area contributed by atoms with Crippen LogP contribution in [-0.2, 0) is 0 Å². The molecule has 3 N–H and O–H groups in total. The lowest BCUT2D eigenvalue weighted by molar-refractivity contribution is 0.439. The molecule has 3 rings (SSSR count). The van der Waals surface area contributed by atoms with Crippen molar-refractivity contribution in [2.45, 2.75) is 6.92 Å². The normalized spacial score (nSPS) is 10.8. The van der Waals surface area contributed by atoms with Crippen LogP contribution in [0.25, 0.3) is 22.4 Å². The first kappa shape index (κ1) is 12.0. The van der Waals surface area contributed by atoms with E-state index in [2.05, 4.69) is 31.3 Å². The fourth-order valence-corrected chi connectivity index (χ4v) is 2.40. The molecule has 2 aromatic heterocycles. The molecule has 0 atom stereocenters. The summed E-state index contributed by atoms with van der Waals surface area (Å²) in [5, 5.41) is 10.9. The van der Waals surface area contributed by atoms with Crippen LogP contribution in [0, 0.1) is 6.92 Å². The van der Waals surface area contributed by atoms with Crippen molar-refractivity contribution in [3.05, 3.63) is 40.6 Å². The molecule has 0 saturated carbocycles. The quantitative estimate of drug-likeness (QED) is 0.759. The SMILES string of the molecule is Cc1[nH]ncc1-c1noc(N)c1-c1cccc(Br)c1. The van der Waals surface area contributed by atoms with Gasteiger partial charge in [0.2, 0.25) is 5.88 Å². The highest BCUT2D eigenvalue weighted by atomic mass is 79.9. The summed E-state index contributed by atoms with van der Waals surface area (Å²) in [5.74, 6) is 0.300. The van der Waals surface area contributed by atoms with Crippen LogP contribution in [0.1, 0.15) is 5.69 Å². The van der Waals surface area contributed by atoms with E-state index in [0.717, 1.165) is 26.9 Å². The topological polar surface area (TPSA) is 80.7 Å². The average molecular weight is 319 g/mol. The van der Waals surface area contributed by atoms with Crippen molar-refractivity contribution in [2.24, 2.45) is 0 Å². The summed E-state index contributed by atoms with van der Waals surface area (Å²) >= 11 is 3.45. The highest BCUT2D eigenvalue weighted by Crippen LogP contribution is 2.37. The van der Waals surface area contributed by atoms with Crippen LogP contribution in [0.2, 0.25) is 0 Å². The maximum Gasteiger partial charge on any atom is 0.230 e. The maximum atomic E-state index is 5.90. The van der Waals surface area contributed by atoms with Crippen LogP contribution in [0.5, 0.6) is 0 Å². The molecule has 96 valence electrons. The molecular formula is C13H11BrN4O. The minimum absolute atomic E-state index is 0.300. The van der Waals surface area contributed by atoms with E-state index in [1.807, 2.05) is 31.2 Å². The molecule has 3 aromatic rings. The summed E-state index contributed by atoms with van der Waals surface area (Å²) < 4.78 is 6.11. The number of hydrogen-bond acceptors (Lipinski definition) is 4.